The normalized spacial score (nSPS) is 11.3. The molecule has 7 heteroatoms. The molecule has 1 heterocycles. The fraction of sp³-hybridized carbons (Fsp3) is 0.375. The molecule has 0 spiro atoms. The molecule has 0 atom stereocenters. The molecule has 5 nitrogen and oxygen atoms in total. The fourth-order valence-corrected chi connectivity index (χ4v) is 0.982. The second-order valence-electron chi connectivity index (χ2n) is 3.50. The van der Waals surface area contributed by atoms with Crippen molar-refractivity contribution in [2.24, 2.45) is 5.73 Å². The second kappa shape index (κ2) is 4.30. The van der Waals surface area contributed by atoms with Crippen molar-refractivity contribution in [1.82, 2.24) is 9.97 Å². The quantitative estimate of drug-likeness (QED) is 0.777. The van der Waals surface area contributed by atoms with Crippen LogP contribution in [0.4, 0.5) is 5.82 Å². The Morgan fingerprint density at radius 1 is 1.47 bits per heavy atom. The summed E-state index contributed by atoms with van der Waals surface area (Å²) in [5.74, 6) is -0.251. The first-order valence-corrected chi connectivity index (χ1v) is 4.84. The number of aromatic nitrogens is 2. The zero-order chi connectivity index (χ0) is 11.6. The van der Waals surface area contributed by atoms with Crippen molar-refractivity contribution in [3.8, 4) is 0 Å². The minimum atomic E-state index is -1.01. The molecule has 0 saturated heterocycles. The minimum Gasteiger partial charge on any atom is -0.318 e. The van der Waals surface area contributed by atoms with Crippen LogP contribution in [0.5, 0.6) is 0 Å². The van der Waals surface area contributed by atoms with E-state index in [0.717, 1.165) is 0 Å². The molecule has 0 aliphatic rings. The number of nitrogens with zero attached hydrogens (tertiary/aromatic N) is 2. The van der Waals surface area contributed by atoms with Gasteiger partial charge in [0.1, 0.15) is 11.3 Å². The summed E-state index contributed by atoms with van der Waals surface area (Å²) in [4.78, 5) is 18.9. The predicted octanol–water partition coefficient (Wildman–Crippen LogP) is 1.46. The summed E-state index contributed by atoms with van der Waals surface area (Å²) in [5.41, 5.74) is 4.57. The van der Waals surface area contributed by atoms with E-state index in [4.69, 9.17) is 28.9 Å². The van der Waals surface area contributed by atoms with Gasteiger partial charge in [0.2, 0.25) is 5.91 Å². The van der Waals surface area contributed by atoms with Crippen LogP contribution in [0.2, 0.25) is 10.2 Å². The highest BCUT2D eigenvalue weighted by Gasteiger charge is 2.23. The Morgan fingerprint density at radius 2 is 2.07 bits per heavy atom. The van der Waals surface area contributed by atoms with Gasteiger partial charge in [0.05, 0.1) is 5.54 Å². The Morgan fingerprint density at radius 3 is 2.60 bits per heavy atom. The molecule has 0 aliphatic heterocycles. The van der Waals surface area contributed by atoms with Crippen LogP contribution in [0.25, 0.3) is 0 Å². The summed E-state index contributed by atoms with van der Waals surface area (Å²) < 4.78 is 0. The molecule has 0 aromatic carbocycles. The minimum absolute atomic E-state index is 0.0804. The van der Waals surface area contributed by atoms with Crippen LogP contribution in [-0.2, 0) is 4.79 Å². The number of amides is 1. The summed E-state index contributed by atoms with van der Waals surface area (Å²) in [5, 5.41) is 2.63. The average Bonchev–Trinajstić information content (AvgIpc) is 2.11. The van der Waals surface area contributed by atoms with E-state index in [-0.39, 0.29) is 16.0 Å². The van der Waals surface area contributed by atoms with Crippen LogP contribution in [0.15, 0.2) is 6.33 Å². The third kappa shape index (κ3) is 3.02. The summed E-state index contributed by atoms with van der Waals surface area (Å²) in [6.07, 6.45) is 1.20. The maximum atomic E-state index is 11.5. The van der Waals surface area contributed by atoms with Gasteiger partial charge >= 0.3 is 0 Å². The molecule has 3 N–H and O–H groups in total. The van der Waals surface area contributed by atoms with E-state index in [2.05, 4.69) is 15.3 Å². The van der Waals surface area contributed by atoms with E-state index >= 15 is 0 Å². The fourth-order valence-electron chi connectivity index (χ4n) is 0.704. The lowest BCUT2D eigenvalue weighted by atomic mass is 10.1. The maximum absolute atomic E-state index is 11.5. The Kier molecular flexibility index (Phi) is 3.49. The highest BCUT2D eigenvalue weighted by Crippen LogP contribution is 2.25. The van der Waals surface area contributed by atoms with Gasteiger partial charge in [0, 0.05) is 0 Å². The average molecular weight is 249 g/mol. The standard InChI is InChI=1S/C8H10Cl2N4O/c1-8(2,11)7(15)14-6-4(9)5(10)12-3-13-6/h3H,11H2,1-2H3,(H,12,13,14,15). The number of rotatable bonds is 2. The van der Waals surface area contributed by atoms with E-state index in [1.165, 1.54) is 6.33 Å². The van der Waals surface area contributed by atoms with Gasteiger partial charge in [0.15, 0.2) is 11.0 Å². The first-order chi connectivity index (χ1) is 6.82. The van der Waals surface area contributed by atoms with Crippen molar-refractivity contribution in [2.75, 3.05) is 5.32 Å². The zero-order valence-corrected chi connectivity index (χ0v) is 9.73. The molecular weight excluding hydrogens is 239 g/mol. The first-order valence-electron chi connectivity index (χ1n) is 4.08. The van der Waals surface area contributed by atoms with Gasteiger partial charge in [0.25, 0.3) is 0 Å². The third-order valence-electron chi connectivity index (χ3n) is 1.56. The smallest absolute Gasteiger partial charge is 0.245 e. The van der Waals surface area contributed by atoms with E-state index < -0.39 is 11.4 Å². The lowest BCUT2D eigenvalue weighted by Crippen LogP contribution is -2.45. The maximum Gasteiger partial charge on any atom is 0.245 e. The second-order valence-corrected chi connectivity index (χ2v) is 4.24. The molecule has 1 aromatic heterocycles. The van der Waals surface area contributed by atoms with Crippen LogP contribution in [0.3, 0.4) is 0 Å². The predicted molar refractivity (Wildman–Crippen MR) is 58.9 cm³/mol. The van der Waals surface area contributed by atoms with E-state index in [0.29, 0.717) is 0 Å². The van der Waals surface area contributed by atoms with Crippen LogP contribution >= 0.6 is 23.2 Å². The van der Waals surface area contributed by atoms with Crippen molar-refractivity contribution in [3.63, 3.8) is 0 Å². The lowest BCUT2D eigenvalue weighted by Gasteiger charge is -2.17. The van der Waals surface area contributed by atoms with Crippen molar-refractivity contribution in [3.05, 3.63) is 16.5 Å². The summed E-state index contributed by atoms with van der Waals surface area (Å²) in [7, 11) is 0. The molecule has 1 amide bonds. The number of hydrogen-bond donors (Lipinski definition) is 2. The van der Waals surface area contributed by atoms with Crippen molar-refractivity contribution in [1.29, 1.82) is 0 Å². The topological polar surface area (TPSA) is 80.9 Å². The van der Waals surface area contributed by atoms with E-state index in [9.17, 15) is 4.79 Å². The van der Waals surface area contributed by atoms with Gasteiger partial charge < -0.3 is 11.1 Å². The number of nitrogens with two attached hydrogens (primary N) is 1. The highest BCUT2D eigenvalue weighted by atomic mass is 35.5. The molecule has 1 aromatic rings. The zero-order valence-electron chi connectivity index (χ0n) is 8.21. The molecule has 0 saturated carbocycles. The third-order valence-corrected chi connectivity index (χ3v) is 2.31. The van der Waals surface area contributed by atoms with Gasteiger partial charge in [-0.05, 0) is 13.8 Å². The summed E-state index contributed by atoms with van der Waals surface area (Å²) >= 11 is 11.4. The van der Waals surface area contributed by atoms with E-state index in [1.54, 1.807) is 13.8 Å². The van der Waals surface area contributed by atoms with Crippen molar-refractivity contribution in [2.45, 2.75) is 19.4 Å². The molecule has 0 aliphatic carbocycles. The monoisotopic (exact) mass is 248 g/mol. The number of halogens is 2. The van der Waals surface area contributed by atoms with Crippen LogP contribution < -0.4 is 11.1 Å². The number of nitrogens with one attached hydrogen (secondary N) is 1. The number of carbonyl (C=O) groups excluding carboxylic acids is 1. The lowest BCUT2D eigenvalue weighted by molar-refractivity contribution is -0.120. The number of carbonyl (C=O) groups is 1. The van der Waals surface area contributed by atoms with Crippen molar-refractivity contribution < 1.29 is 4.79 Å². The highest BCUT2D eigenvalue weighted by molar-refractivity contribution is 6.42. The largest absolute Gasteiger partial charge is 0.318 e. The van der Waals surface area contributed by atoms with Crippen LogP contribution in [0, 0.1) is 0 Å². The molecule has 0 radical (unpaired) electrons. The van der Waals surface area contributed by atoms with Gasteiger partial charge in [-0.1, -0.05) is 23.2 Å². The Balaban J connectivity index is 2.91. The Labute approximate surface area is 97.0 Å². The van der Waals surface area contributed by atoms with Gasteiger partial charge in [-0.2, -0.15) is 0 Å². The van der Waals surface area contributed by atoms with Gasteiger partial charge in [-0.3, -0.25) is 4.79 Å². The number of hydrogen-bond acceptors (Lipinski definition) is 4. The molecule has 1 rings (SSSR count). The Bertz CT molecular complexity index is 389. The van der Waals surface area contributed by atoms with Gasteiger partial charge in [-0.25, -0.2) is 9.97 Å². The molecular formula is C8H10Cl2N4O. The van der Waals surface area contributed by atoms with Crippen LogP contribution in [-0.4, -0.2) is 21.4 Å². The van der Waals surface area contributed by atoms with Crippen LogP contribution in [0.1, 0.15) is 13.8 Å². The van der Waals surface area contributed by atoms with E-state index in [1.807, 2.05) is 0 Å². The molecule has 0 unspecified atom stereocenters. The molecule has 15 heavy (non-hydrogen) atoms. The van der Waals surface area contributed by atoms with Gasteiger partial charge in [-0.15, -0.1) is 0 Å². The summed E-state index contributed by atoms with van der Waals surface area (Å²) in [6, 6.07) is 0. The Hall–Kier alpha value is -0.910. The van der Waals surface area contributed by atoms with Crippen molar-refractivity contribution >= 4 is 34.9 Å². The SMILES string of the molecule is CC(C)(N)C(=O)Nc1ncnc(Cl)c1Cl. The molecule has 0 fully saturated rings. The molecule has 82 valence electrons. The summed E-state index contributed by atoms with van der Waals surface area (Å²) in [6.45, 7) is 3.14. The number of anilines is 1. The first kappa shape index (κ1) is 12.2. The molecule has 0 bridgehead atoms.